The normalized spacial score (nSPS) is 23.6. The highest BCUT2D eigenvalue weighted by Gasteiger charge is 2.32. The Hall–Kier alpha value is -0.190. The van der Waals surface area contributed by atoms with Crippen molar-refractivity contribution in [1.29, 1.82) is 0 Å². The predicted octanol–water partition coefficient (Wildman–Crippen LogP) is 3.73. The van der Waals surface area contributed by atoms with Gasteiger partial charge < -0.3 is 10.5 Å². The summed E-state index contributed by atoms with van der Waals surface area (Å²) in [5.74, 6) is 2.52. The van der Waals surface area contributed by atoms with Gasteiger partial charge in [0.2, 0.25) is 0 Å². The van der Waals surface area contributed by atoms with Crippen LogP contribution in [0, 0.1) is 5.92 Å². The number of fused-ring (bicyclic) bond motifs is 1. The molecule has 0 fully saturated rings. The maximum atomic E-state index is 6.41. The van der Waals surface area contributed by atoms with E-state index >= 15 is 0 Å². The van der Waals surface area contributed by atoms with Crippen molar-refractivity contribution in [2.45, 2.75) is 30.9 Å². The molecule has 4 heteroatoms. The predicted molar refractivity (Wildman–Crippen MR) is 77.5 cm³/mol. The van der Waals surface area contributed by atoms with Crippen LogP contribution in [0.15, 0.2) is 16.6 Å². The number of methoxy groups -OCH3 is 1. The molecule has 1 aromatic rings. The largest absolute Gasteiger partial charge is 0.496 e. The lowest BCUT2D eigenvalue weighted by Gasteiger charge is -2.34. The molecule has 0 saturated heterocycles. The zero-order chi connectivity index (χ0) is 12.6. The van der Waals surface area contributed by atoms with Gasteiger partial charge in [0.15, 0.2) is 0 Å². The minimum Gasteiger partial charge on any atom is -0.496 e. The van der Waals surface area contributed by atoms with Crippen molar-refractivity contribution in [3.8, 4) is 5.75 Å². The Morgan fingerprint density at radius 2 is 2.18 bits per heavy atom. The van der Waals surface area contributed by atoms with E-state index < -0.39 is 0 Å². The molecule has 0 amide bonds. The van der Waals surface area contributed by atoms with E-state index in [1.54, 1.807) is 7.11 Å². The summed E-state index contributed by atoms with van der Waals surface area (Å²) >= 11 is 5.55. The summed E-state index contributed by atoms with van der Waals surface area (Å²) in [4.78, 5) is 0. The van der Waals surface area contributed by atoms with Crippen LogP contribution in [0.3, 0.4) is 0 Å². The molecule has 2 N–H and O–H groups in total. The van der Waals surface area contributed by atoms with E-state index in [1.807, 2.05) is 23.9 Å². The van der Waals surface area contributed by atoms with Crippen molar-refractivity contribution in [1.82, 2.24) is 0 Å². The Morgan fingerprint density at radius 3 is 2.76 bits per heavy atom. The molecule has 0 bridgehead atoms. The molecule has 1 heterocycles. The first-order chi connectivity index (χ1) is 8.06. The maximum absolute atomic E-state index is 6.41. The fraction of sp³-hybridized carbons (Fsp3) is 0.538. The summed E-state index contributed by atoms with van der Waals surface area (Å²) in [5, 5.41) is 0.478. The third-order valence-corrected chi connectivity index (χ3v) is 5.61. The average molecular weight is 316 g/mol. The number of hydrogen-bond acceptors (Lipinski definition) is 3. The lowest BCUT2D eigenvalue weighted by molar-refractivity contribution is 0.408. The van der Waals surface area contributed by atoms with E-state index in [4.69, 9.17) is 10.5 Å². The van der Waals surface area contributed by atoms with Crippen LogP contribution in [-0.4, -0.2) is 12.4 Å². The number of halogens is 1. The van der Waals surface area contributed by atoms with Crippen LogP contribution >= 0.6 is 27.7 Å². The van der Waals surface area contributed by atoms with Gasteiger partial charge >= 0.3 is 0 Å². The monoisotopic (exact) mass is 315 g/mol. The first-order valence-electron chi connectivity index (χ1n) is 5.78. The molecule has 1 aliphatic rings. The minimum absolute atomic E-state index is 0.0771. The van der Waals surface area contributed by atoms with Crippen molar-refractivity contribution >= 4 is 27.7 Å². The van der Waals surface area contributed by atoms with E-state index in [9.17, 15) is 0 Å². The molecule has 0 radical (unpaired) electrons. The lowest BCUT2D eigenvalue weighted by Crippen LogP contribution is -2.32. The van der Waals surface area contributed by atoms with E-state index in [-0.39, 0.29) is 6.04 Å². The zero-order valence-electron chi connectivity index (χ0n) is 10.4. The number of benzene rings is 1. The molecule has 17 heavy (non-hydrogen) atoms. The smallest absolute Gasteiger partial charge is 0.123 e. The summed E-state index contributed by atoms with van der Waals surface area (Å²) < 4.78 is 6.53. The van der Waals surface area contributed by atoms with Gasteiger partial charge in [-0.25, -0.2) is 0 Å². The van der Waals surface area contributed by atoms with Gasteiger partial charge in [-0.2, -0.15) is 11.8 Å². The van der Waals surface area contributed by atoms with Gasteiger partial charge in [-0.15, -0.1) is 0 Å². The quantitative estimate of drug-likeness (QED) is 0.903. The van der Waals surface area contributed by atoms with Crippen LogP contribution in [0.5, 0.6) is 5.75 Å². The molecule has 2 nitrogen and oxygen atoms in total. The molecule has 0 aliphatic carbocycles. The number of rotatable bonds is 2. The van der Waals surface area contributed by atoms with Crippen molar-refractivity contribution in [2.75, 3.05) is 7.11 Å². The first-order valence-corrected chi connectivity index (χ1v) is 7.63. The Kier molecular flexibility index (Phi) is 4.06. The highest BCUT2D eigenvalue weighted by Crippen LogP contribution is 2.45. The molecule has 1 aromatic carbocycles. The Labute approximate surface area is 115 Å². The van der Waals surface area contributed by atoms with Crippen LogP contribution in [-0.2, 0) is 5.75 Å². The molecule has 0 spiro atoms. The van der Waals surface area contributed by atoms with Gasteiger partial charge in [0.1, 0.15) is 5.75 Å². The molecule has 0 saturated carbocycles. The number of thioether (sulfide) groups is 1. The fourth-order valence-electron chi connectivity index (χ4n) is 2.37. The van der Waals surface area contributed by atoms with Crippen LogP contribution in [0.4, 0.5) is 0 Å². The number of hydrogen-bond donors (Lipinski definition) is 1. The van der Waals surface area contributed by atoms with Crippen LogP contribution in [0.1, 0.15) is 31.0 Å². The van der Waals surface area contributed by atoms with Gasteiger partial charge in [0.05, 0.1) is 7.11 Å². The second-order valence-corrected chi connectivity index (χ2v) is 6.71. The van der Waals surface area contributed by atoms with Crippen LogP contribution < -0.4 is 10.5 Å². The molecule has 2 unspecified atom stereocenters. The maximum Gasteiger partial charge on any atom is 0.123 e. The average Bonchev–Trinajstić information content (AvgIpc) is 2.29. The molecule has 94 valence electrons. The summed E-state index contributed by atoms with van der Waals surface area (Å²) in [7, 11) is 1.72. The van der Waals surface area contributed by atoms with Crippen molar-refractivity contribution in [3.63, 3.8) is 0 Å². The topological polar surface area (TPSA) is 35.2 Å². The minimum atomic E-state index is 0.0771. The molecule has 2 rings (SSSR count). The van der Waals surface area contributed by atoms with E-state index in [0.717, 1.165) is 16.0 Å². The SMILES string of the molecule is COc1ccc(Br)c2c1CSC(C(C)C)C2N. The molecular weight excluding hydrogens is 298 g/mol. The molecule has 2 atom stereocenters. The highest BCUT2D eigenvalue weighted by molar-refractivity contribution is 9.10. The Bertz CT molecular complexity index is 422. The van der Waals surface area contributed by atoms with Gasteiger partial charge in [-0.1, -0.05) is 29.8 Å². The second kappa shape index (κ2) is 5.21. The summed E-state index contributed by atoms with van der Waals surface area (Å²) in [6.45, 7) is 4.47. The van der Waals surface area contributed by atoms with Crippen molar-refractivity contribution < 1.29 is 4.74 Å². The van der Waals surface area contributed by atoms with Crippen LogP contribution in [0.25, 0.3) is 0 Å². The fourth-order valence-corrected chi connectivity index (χ4v) is 4.39. The van der Waals surface area contributed by atoms with Crippen molar-refractivity contribution in [3.05, 3.63) is 27.7 Å². The summed E-state index contributed by atoms with van der Waals surface area (Å²) in [5.41, 5.74) is 8.88. The Balaban J connectivity index is 2.48. The van der Waals surface area contributed by atoms with E-state index in [2.05, 4.69) is 29.8 Å². The van der Waals surface area contributed by atoms with Gasteiger partial charge in [0.25, 0.3) is 0 Å². The standard InChI is InChI=1S/C13H18BrNOS/c1-7(2)13-12(15)11-8(6-17-13)10(16-3)5-4-9(11)14/h4-5,7,12-13H,6,15H2,1-3H3. The zero-order valence-corrected chi connectivity index (χ0v) is 12.8. The molecule has 0 aromatic heterocycles. The van der Waals surface area contributed by atoms with Crippen molar-refractivity contribution in [2.24, 2.45) is 11.7 Å². The number of nitrogens with two attached hydrogens (primary N) is 1. The van der Waals surface area contributed by atoms with E-state index in [1.165, 1.54) is 11.1 Å². The Morgan fingerprint density at radius 1 is 1.47 bits per heavy atom. The van der Waals surface area contributed by atoms with Gasteiger partial charge in [-0.3, -0.25) is 0 Å². The third-order valence-electron chi connectivity index (χ3n) is 3.25. The van der Waals surface area contributed by atoms with Gasteiger partial charge in [-0.05, 0) is 23.6 Å². The van der Waals surface area contributed by atoms with Crippen LogP contribution in [0.2, 0.25) is 0 Å². The lowest BCUT2D eigenvalue weighted by atomic mass is 9.93. The highest BCUT2D eigenvalue weighted by atomic mass is 79.9. The van der Waals surface area contributed by atoms with E-state index in [0.29, 0.717) is 11.2 Å². The third kappa shape index (κ3) is 2.35. The van der Waals surface area contributed by atoms with Gasteiger partial charge in [0, 0.05) is 27.1 Å². The molecular formula is C13H18BrNOS. The number of ether oxygens (including phenoxy) is 1. The first kappa shape index (κ1) is 13.2. The molecule has 1 aliphatic heterocycles. The second-order valence-electron chi connectivity index (χ2n) is 4.69. The summed E-state index contributed by atoms with van der Waals surface area (Å²) in [6.07, 6.45) is 0. The summed E-state index contributed by atoms with van der Waals surface area (Å²) in [6, 6.07) is 4.12.